The number of halogens is 1. The van der Waals surface area contributed by atoms with Crippen LogP contribution in [0.4, 0.5) is 0 Å². The number of benzene rings is 1. The Bertz CT molecular complexity index is 558. The molecule has 1 N–H and O–H groups in total. The highest BCUT2D eigenvalue weighted by Gasteiger charge is 2.22. The lowest BCUT2D eigenvalue weighted by Gasteiger charge is -2.37. The van der Waals surface area contributed by atoms with Crippen molar-refractivity contribution in [1.82, 2.24) is 15.2 Å². The van der Waals surface area contributed by atoms with Gasteiger partial charge in [-0.1, -0.05) is 30.3 Å². The Labute approximate surface area is 136 Å². The number of hydrogen-bond donors (Lipinski definition) is 1. The van der Waals surface area contributed by atoms with Gasteiger partial charge in [0, 0.05) is 48.4 Å². The van der Waals surface area contributed by atoms with Crippen molar-refractivity contribution >= 4 is 23.7 Å². The third-order valence-electron chi connectivity index (χ3n) is 3.83. The highest BCUT2D eigenvalue weighted by molar-refractivity contribution is 7.15. The van der Waals surface area contributed by atoms with Gasteiger partial charge in [-0.3, -0.25) is 4.90 Å². The lowest BCUT2D eigenvalue weighted by Crippen LogP contribution is -2.53. The quantitative estimate of drug-likeness (QED) is 0.938. The molecule has 21 heavy (non-hydrogen) atoms. The monoisotopic (exact) mass is 323 g/mol. The molecule has 1 aromatic heterocycles. The maximum absolute atomic E-state index is 4.57. The second-order valence-electron chi connectivity index (χ2n) is 5.59. The molecule has 0 spiro atoms. The van der Waals surface area contributed by atoms with Crippen LogP contribution in [0.25, 0.3) is 10.6 Å². The van der Waals surface area contributed by atoms with E-state index in [0.29, 0.717) is 12.1 Å². The Balaban J connectivity index is 0.00000161. The van der Waals surface area contributed by atoms with Gasteiger partial charge >= 0.3 is 0 Å². The molecule has 0 aliphatic carbocycles. The molecule has 5 heteroatoms. The number of hydrogen-bond acceptors (Lipinski definition) is 4. The molecule has 3 rings (SSSR count). The van der Waals surface area contributed by atoms with Crippen LogP contribution in [0.1, 0.15) is 18.7 Å². The van der Waals surface area contributed by atoms with E-state index in [1.807, 2.05) is 23.6 Å². The van der Waals surface area contributed by atoms with E-state index in [2.05, 4.69) is 53.3 Å². The summed E-state index contributed by atoms with van der Waals surface area (Å²) in [4.78, 5) is 8.47. The van der Waals surface area contributed by atoms with E-state index in [1.165, 1.54) is 10.4 Å². The Morgan fingerprint density at radius 1 is 1.29 bits per heavy atom. The molecule has 1 aliphatic heterocycles. The van der Waals surface area contributed by atoms with E-state index in [4.69, 9.17) is 0 Å². The zero-order valence-corrected chi connectivity index (χ0v) is 14.1. The van der Waals surface area contributed by atoms with Gasteiger partial charge in [-0.05, 0) is 13.8 Å². The van der Waals surface area contributed by atoms with Crippen LogP contribution in [0.3, 0.4) is 0 Å². The van der Waals surface area contributed by atoms with Crippen molar-refractivity contribution in [1.29, 1.82) is 0 Å². The fourth-order valence-corrected chi connectivity index (χ4v) is 3.56. The molecule has 2 heterocycles. The zero-order valence-electron chi connectivity index (χ0n) is 12.5. The lowest BCUT2D eigenvalue weighted by molar-refractivity contribution is 0.140. The Morgan fingerprint density at radius 2 is 2.05 bits per heavy atom. The van der Waals surface area contributed by atoms with Crippen molar-refractivity contribution in [3.63, 3.8) is 0 Å². The molecule has 2 atom stereocenters. The number of nitrogens with one attached hydrogen (secondary N) is 1. The fraction of sp³-hybridized carbons (Fsp3) is 0.438. The first-order valence-electron chi connectivity index (χ1n) is 7.20. The van der Waals surface area contributed by atoms with Gasteiger partial charge in [0.05, 0.1) is 0 Å². The van der Waals surface area contributed by atoms with E-state index in [1.54, 1.807) is 0 Å². The maximum atomic E-state index is 4.57. The highest BCUT2D eigenvalue weighted by atomic mass is 35.5. The molecule has 0 radical (unpaired) electrons. The lowest BCUT2D eigenvalue weighted by atomic mass is 10.1. The van der Waals surface area contributed by atoms with Crippen LogP contribution in [0, 0.1) is 0 Å². The molecule has 1 aliphatic rings. The van der Waals surface area contributed by atoms with Gasteiger partial charge in [-0.25, -0.2) is 4.98 Å². The number of piperazine rings is 1. The van der Waals surface area contributed by atoms with Crippen molar-refractivity contribution in [3.05, 3.63) is 41.4 Å². The summed E-state index contributed by atoms with van der Waals surface area (Å²) >= 11 is 1.81. The summed E-state index contributed by atoms with van der Waals surface area (Å²) < 4.78 is 0. The first-order chi connectivity index (χ1) is 9.72. The van der Waals surface area contributed by atoms with Gasteiger partial charge in [0.2, 0.25) is 0 Å². The van der Waals surface area contributed by atoms with E-state index in [0.717, 1.165) is 24.6 Å². The summed E-state index contributed by atoms with van der Waals surface area (Å²) in [7, 11) is 0. The van der Waals surface area contributed by atoms with E-state index >= 15 is 0 Å². The first-order valence-corrected chi connectivity index (χ1v) is 8.01. The van der Waals surface area contributed by atoms with Crippen LogP contribution in [-0.4, -0.2) is 35.1 Å². The molecule has 2 aromatic rings. The molecule has 2 unspecified atom stereocenters. The SMILES string of the molecule is CC1CN(Cc2cnc(-c3ccccc3)s2)C(C)CN1.Cl. The van der Waals surface area contributed by atoms with Crippen molar-refractivity contribution in [3.8, 4) is 10.6 Å². The molecule has 0 bridgehead atoms. The smallest absolute Gasteiger partial charge is 0.123 e. The van der Waals surface area contributed by atoms with Gasteiger partial charge in [0.25, 0.3) is 0 Å². The third kappa shape index (κ3) is 4.04. The van der Waals surface area contributed by atoms with Crippen LogP contribution in [0.5, 0.6) is 0 Å². The van der Waals surface area contributed by atoms with Gasteiger partial charge in [0.15, 0.2) is 0 Å². The van der Waals surface area contributed by atoms with Gasteiger partial charge in [-0.15, -0.1) is 23.7 Å². The fourth-order valence-electron chi connectivity index (χ4n) is 2.61. The van der Waals surface area contributed by atoms with E-state index < -0.39 is 0 Å². The molecular weight excluding hydrogens is 302 g/mol. The minimum Gasteiger partial charge on any atom is -0.311 e. The van der Waals surface area contributed by atoms with Crippen LogP contribution >= 0.6 is 23.7 Å². The summed E-state index contributed by atoms with van der Waals surface area (Å²) in [6, 6.07) is 11.6. The molecule has 0 saturated carbocycles. The molecule has 1 saturated heterocycles. The summed E-state index contributed by atoms with van der Waals surface area (Å²) in [6.45, 7) is 7.74. The predicted molar refractivity (Wildman–Crippen MR) is 92.1 cm³/mol. The molecular formula is C16H22ClN3S. The average Bonchev–Trinajstić information content (AvgIpc) is 2.92. The van der Waals surface area contributed by atoms with Crippen molar-refractivity contribution in [2.24, 2.45) is 0 Å². The molecule has 1 aromatic carbocycles. The second kappa shape index (κ2) is 7.36. The molecule has 3 nitrogen and oxygen atoms in total. The number of aromatic nitrogens is 1. The van der Waals surface area contributed by atoms with Gasteiger partial charge in [0.1, 0.15) is 5.01 Å². The summed E-state index contributed by atoms with van der Waals surface area (Å²) in [5, 5.41) is 4.65. The third-order valence-corrected chi connectivity index (χ3v) is 4.86. The van der Waals surface area contributed by atoms with Crippen molar-refractivity contribution < 1.29 is 0 Å². The van der Waals surface area contributed by atoms with Crippen LogP contribution in [0.2, 0.25) is 0 Å². The first kappa shape index (κ1) is 16.4. The maximum Gasteiger partial charge on any atom is 0.123 e. The highest BCUT2D eigenvalue weighted by Crippen LogP contribution is 2.26. The topological polar surface area (TPSA) is 28.2 Å². The summed E-state index contributed by atoms with van der Waals surface area (Å²) in [5.41, 5.74) is 1.21. The molecule has 1 fully saturated rings. The zero-order chi connectivity index (χ0) is 13.9. The van der Waals surface area contributed by atoms with Crippen molar-refractivity contribution in [2.75, 3.05) is 13.1 Å². The standard InChI is InChI=1S/C16H21N3S.ClH/c1-12-10-19(13(2)8-17-12)11-15-9-18-16(20-15)14-6-4-3-5-7-14;/h3-7,9,12-13,17H,8,10-11H2,1-2H3;1H. The van der Waals surface area contributed by atoms with Crippen LogP contribution in [-0.2, 0) is 6.54 Å². The van der Waals surface area contributed by atoms with Crippen molar-refractivity contribution in [2.45, 2.75) is 32.5 Å². The minimum atomic E-state index is 0. The summed E-state index contributed by atoms with van der Waals surface area (Å²) in [6.07, 6.45) is 2.03. The van der Waals surface area contributed by atoms with Crippen LogP contribution in [0.15, 0.2) is 36.5 Å². The average molecular weight is 324 g/mol. The molecule has 0 amide bonds. The number of rotatable bonds is 3. The van der Waals surface area contributed by atoms with E-state index in [-0.39, 0.29) is 12.4 Å². The Hall–Kier alpha value is -0.940. The predicted octanol–water partition coefficient (Wildman–Crippen LogP) is 3.41. The Kier molecular flexibility index (Phi) is 5.76. The van der Waals surface area contributed by atoms with Crippen LogP contribution < -0.4 is 5.32 Å². The summed E-state index contributed by atoms with van der Waals surface area (Å²) in [5.74, 6) is 0. The van der Waals surface area contributed by atoms with Gasteiger partial charge in [-0.2, -0.15) is 0 Å². The van der Waals surface area contributed by atoms with Gasteiger partial charge < -0.3 is 5.32 Å². The number of thiazole rings is 1. The van der Waals surface area contributed by atoms with E-state index in [9.17, 15) is 0 Å². The molecule has 114 valence electrons. The Morgan fingerprint density at radius 3 is 2.81 bits per heavy atom. The largest absolute Gasteiger partial charge is 0.311 e. The second-order valence-corrected chi connectivity index (χ2v) is 6.70. The minimum absolute atomic E-state index is 0. The number of nitrogens with zero attached hydrogens (tertiary/aromatic N) is 2. The normalized spacial score (nSPS) is 22.8.